The number of nitrogens with one attached hydrogen (secondary N) is 2. The van der Waals surface area contributed by atoms with Gasteiger partial charge in [0.15, 0.2) is 5.11 Å². The van der Waals surface area contributed by atoms with Crippen molar-refractivity contribution in [3.8, 4) is 5.75 Å². The second kappa shape index (κ2) is 7.47. The maximum absolute atomic E-state index is 5.14. The Hall–Kier alpha value is -0.850. The molecule has 4 nitrogen and oxygen atoms in total. The predicted molar refractivity (Wildman–Crippen MR) is 76.8 cm³/mol. The number of halogens is 1. The van der Waals surface area contributed by atoms with Crippen LogP contribution in [0, 0.1) is 0 Å². The zero-order valence-corrected chi connectivity index (χ0v) is 12.2. The Morgan fingerprint density at radius 2 is 2.18 bits per heavy atom. The SMILES string of the molecule is COCCNC(=S)Nc1ccc(OC)c(Br)c1. The molecule has 0 unspecified atom stereocenters. The quantitative estimate of drug-likeness (QED) is 0.644. The Morgan fingerprint density at radius 1 is 1.41 bits per heavy atom. The Balaban J connectivity index is 2.51. The van der Waals surface area contributed by atoms with Crippen molar-refractivity contribution in [1.82, 2.24) is 5.32 Å². The van der Waals surface area contributed by atoms with Crippen molar-refractivity contribution >= 4 is 38.9 Å². The maximum atomic E-state index is 5.14. The lowest BCUT2D eigenvalue weighted by molar-refractivity contribution is 0.204. The van der Waals surface area contributed by atoms with E-state index >= 15 is 0 Å². The van der Waals surface area contributed by atoms with Crippen LogP contribution in [0.2, 0.25) is 0 Å². The zero-order valence-electron chi connectivity index (χ0n) is 9.75. The van der Waals surface area contributed by atoms with Crippen LogP contribution in [0.15, 0.2) is 22.7 Å². The Kier molecular flexibility index (Phi) is 6.25. The normalized spacial score (nSPS) is 9.82. The molecule has 0 aromatic heterocycles. The van der Waals surface area contributed by atoms with E-state index < -0.39 is 0 Å². The van der Waals surface area contributed by atoms with Crippen LogP contribution in [0.25, 0.3) is 0 Å². The van der Waals surface area contributed by atoms with E-state index in [0.717, 1.165) is 15.9 Å². The fraction of sp³-hybridized carbons (Fsp3) is 0.364. The van der Waals surface area contributed by atoms with E-state index in [1.54, 1.807) is 14.2 Å². The third-order valence-corrected chi connectivity index (χ3v) is 2.87. The number of methoxy groups -OCH3 is 2. The minimum Gasteiger partial charge on any atom is -0.496 e. The number of hydrogen-bond acceptors (Lipinski definition) is 3. The van der Waals surface area contributed by atoms with Gasteiger partial charge in [-0.05, 0) is 46.3 Å². The van der Waals surface area contributed by atoms with Crippen LogP contribution in [0.1, 0.15) is 0 Å². The lowest BCUT2D eigenvalue weighted by atomic mass is 10.3. The number of rotatable bonds is 5. The van der Waals surface area contributed by atoms with Crippen molar-refractivity contribution in [2.45, 2.75) is 0 Å². The highest BCUT2D eigenvalue weighted by atomic mass is 79.9. The number of ether oxygens (including phenoxy) is 2. The summed E-state index contributed by atoms with van der Waals surface area (Å²) in [4.78, 5) is 0. The molecule has 1 rings (SSSR count). The molecule has 0 aliphatic carbocycles. The predicted octanol–water partition coefficient (Wildman–Crippen LogP) is 2.39. The molecule has 6 heteroatoms. The monoisotopic (exact) mass is 318 g/mol. The summed E-state index contributed by atoms with van der Waals surface area (Å²) < 4.78 is 10.9. The fourth-order valence-electron chi connectivity index (χ4n) is 1.19. The Morgan fingerprint density at radius 3 is 2.76 bits per heavy atom. The van der Waals surface area contributed by atoms with Crippen molar-refractivity contribution in [1.29, 1.82) is 0 Å². The summed E-state index contributed by atoms with van der Waals surface area (Å²) in [5.41, 5.74) is 0.896. The van der Waals surface area contributed by atoms with Crippen LogP contribution in [0.5, 0.6) is 5.75 Å². The molecule has 0 radical (unpaired) electrons. The molecule has 1 aromatic carbocycles. The summed E-state index contributed by atoms with van der Waals surface area (Å²) in [6, 6.07) is 5.67. The van der Waals surface area contributed by atoms with Gasteiger partial charge in [0.25, 0.3) is 0 Å². The maximum Gasteiger partial charge on any atom is 0.170 e. The van der Waals surface area contributed by atoms with Gasteiger partial charge in [-0.25, -0.2) is 0 Å². The van der Waals surface area contributed by atoms with Crippen LogP contribution < -0.4 is 15.4 Å². The molecule has 0 heterocycles. The average molecular weight is 319 g/mol. The topological polar surface area (TPSA) is 42.5 Å². The molecule has 0 fully saturated rings. The second-order valence-corrected chi connectivity index (χ2v) is 4.49. The summed E-state index contributed by atoms with van der Waals surface area (Å²) in [5.74, 6) is 0.786. The van der Waals surface area contributed by atoms with Gasteiger partial charge in [0.2, 0.25) is 0 Å². The summed E-state index contributed by atoms with van der Waals surface area (Å²) in [7, 11) is 3.28. The summed E-state index contributed by atoms with van der Waals surface area (Å²) in [6.45, 7) is 1.30. The van der Waals surface area contributed by atoms with Gasteiger partial charge in [0.1, 0.15) is 5.75 Å². The third kappa shape index (κ3) is 4.89. The first-order chi connectivity index (χ1) is 8.17. The molecule has 0 bridgehead atoms. The highest BCUT2D eigenvalue weighted by molar-refractivity contribution is 9.10. The highest BCUT2D eigenvalue weighted by Gasteiger charge is 2.02. The zero-order chi connectivity index (χ0) is 12.7. The minimum absolute atomic E-state index is 0.569. The molecule has 1 aromatic rings. The van der Waals surface area contributed by atoms with E-state index in [4.69, 9.17) is 21.7 Å². The van der Waals surface area contributed by atoms with E-state index in [1.807, 2.05) is 18.2 Å². The van der Waals surface area contributed by atoms with Crippen LogP contribution in [0.4, 0.5) is 5.69 Å². The second-order valence-electron chi connectivity index (χ2n) is 3.22. The first kappa shape index (κ1) is 14.2. The van der Waals surface area contributed by atoms with Gasteiger partial charge in [-0.1, -0.05) is 0 Å². The fourth-order valence-corrected chi connectivity index (χ4v) is 1.95. The van der Waals surface area contributed by atoms with E-state index in [2.05, 4.69) is 26.6 Å². The molecule has 2 N–H and O–H groups in total. The molecule has 17 heavy (non-hydrogen) atoms. The van der Waals surface area contributed by atoms with Crippen LogP contribution >= 0.6 is 28.1 Å². The summed E-state index contributed by atoms with van der Waals surface area (Å²) in [5, 5.41) is 6.67. The largest absolute Gasteiger partial charge is 0.496 e. The molecule has 0 amide bonds. The first-order valence-corrected chi connectivity index (χ1v) is 6.25. The van der Waals surface area contributed by atoms with Crippen LogP contribution in [-0.2, 0) is 4.74 Å². The molecular weight excluding hydrogens is 304 g/mol. The molecule has 0 saturated carbocycles. The van der Waals surface area contributed by atoms with E-state index in [-0.39, 0.29) is 0 Å². The standard InChI is InChI=1S/C11H15BrN2O2S/c1-15-6-5-13-11(17)14-8-3-4-10(16-2)9(12)7-8/h3-4,7H,5-6H2,1-2H3,(H2,13,14,17). The molecule has 0 spiro atoms. The molecular formula is C11H15BrN2O2S. The van der Waals surface area contributed by atoms with Crippen LogP contribution in [0.3, 0.4) is 0 Å². The Bertz CT molecular complexity index is 388. The van der Waals surface area contributed by atoms with Gasteiger partial charge < -0.3 is 20.1 Å². The third-order valence-electron chi connectivity index (χ3n) is 2.00. The molecule has 0 saturated heterocycles. The van der Waals surface area contributed by atoms with Crippen LogP contribution in [-0.4, -0.2) is 32.5 Å². The first-order valence-electron chi connectivity index (χ1n) is 5.04. The average Bonchev–Trinajstić information content (AvgIpc) is 2.29. The molecule has 0 atom stereocenters. The van der Waals surface area contributed by atoms with Gasteiger partial charge in [-0.15, -0.1) is 0 Å². The van der Waals surface area contributed by atoms with Crippen molar-refractivity contribution in [2.75, 3.05) is 32.7 Å². The van der Waals surface area contributed by atoms with E-state index in [9.17, 15) is 0 Å². The van der Waals surface area contributed by atoms with Gasteiger partial charge in [0.05, 0.1) is 18.2 Å². The molecule has 0 aliphatic rings. The van der Waals surface area contributed by atoms with Crippen molar-refractivity contribution < 1.29 is 9.47 Å². The lowest BCUT2D eigenvalue weighted by Crippen LogP contribution is -2.31. The van der Waals surface area contributed by atoms with Crippen molar-refractivity contribution in [3.05, 3.63) is 22.7 Å². The number of anilines is 1. The van der Waals surface area contributed by atoms with Gasteiger partial charge >= 0.3 is 0 Å². The number of thiocarbonyl (C=S) groups is 1. The Labute approximate surface area is 115 Å². The summed E-state index contributed by atoms with van der Waals surface area (Å²) >= 11 is 8.54. The van der Waals surface area contributed by atoms with Crippen molar-refractivity contribution in [3.63, 3.8) is 0 Å². The van der Waals surface area contributed by atoms with Gasteiger partial charge in [-0.3, -0.25) is 0 Å². The molecule has 0 aliphatic heterocycles. The smallest absolute Gasteiger partial charge is 0.170 e. The van der Waals surface area contributed by atoms with Gasteiger partial charge in [0, 0.05) is 19.3 Å². The van der Waals surface area contributed by atoms with E-state index in [0.29, 0.717) is 18.3 Å². The highest BCUT2D eigenvalue weighted by Crippen LogP contribution is 2.27. The van der Waals surface area contributed by atoms with E-state index in [1.165, 1.54) is 0 Å². The van der Waals surface area contributed by atoms with Crippen molar-refractivity contribution in [2.24, 2.45) is 0 Å². The number of benzene rings is 1. The summed E-state index contributed by atoms with van der Waals surface area (Å²) in [6.07, 6.45) is 0. The lowest BCUT2D eigenvalue weighted by Gasteiger charge is -2.11. The molecule has 94 valence electrons. The number of hydrogen-bond donors (Lipinski definition) is 2. The minimum atomic E-state index is 0.569. The van der Waals surface area contributed by atoms with Gasteiger partial charge in [-0.2, -0.15) is 0 Å².